The van der Waals surface area contributed by atoms with Gasteiger partial charge in [0, 0.05) is 18.3 Å². The maximum atomic E-state index is 12.1. The monoisotopic (exact) mass is 396 g/mol. The third kappa shape index (κ3) is 10.7. The summed E-state index contributed by atoms with van der Waals surface area (Å²) in [6.45, 7) is 0.0929. The van der Waals surface area contributed by atoms with Gasteiger partial charge in [0.15, 0.2) is 0 Å². The van der Waals surface area contributed by atoms with Crippen LogP contribution in [0.3, 0.4) is 0 Å². The zero-order chi connectivity index (χ0) is 15.9. The minimum atomic E-state index is -4.20. The van der Waals surface area contributed by atoms with Crippen LogP contribution in [0.25, 0.3) is 0 Å². The van der Waals surface area contributed by atoms with Crippen LogP contribution in [0, 0.1) is 0 Å². The van der Waals surface area contributed by atoms with Crippen LogP contribution in [0.15, 0.2) is 5.38 Å². The molecule has 0 aliphatic carbocycles. The summed E-state index contributed by atoms with van der Waals surface area (Å²) < 4.78 is 36.3. The zero-order valence-electron chi connectivity index (χ0n) is 12.6. The normalized spacial score (nSPS) is 10.9. The molecular formula is C12H21Cl2F3N4OS. The SMILES string of the molecule is CN(CCCNC(=O)c1csc(CCN)n1)CC(F)(F)F.Cl.Cl. The lowest BCUT2D eigenvalue weighted by atomic mass is 10.3. The predicted octanol–water partition coefficient (Wildman–Crippen LogP) is 2.10. The van der Waals surface area contributed by atoms with Crippen LogP contribution in [0.4, 0.5) is 13.2 Å². The molecule has 0 spiro atoms. The van der Waals surface area contributed by atoms with Crippen molar-refractivity contribution < 1.29 is 18.0 Å². The molecule has 0 bridgehead atoms. The Labute approximate surface area is 149 Å². The molecule has 0 unspecified atom stereocenters. The molecule has 0 aliphatic heterocycles. The van der Waals surface area contributed by atoms with Crippen molar-refractivity contribution in [1.82, 2.24) is 15.2 Å². The van der Waals surface area contributed by atoms with Gasteiger partial charge in [-0.15, -0.1) is 36.2 Å². The van der Waals surface area contributed by atoms with Gasteiger partial charge in [0.1, 0.15) is 5.69 Å². The molecule has 1 aromatic rings. The van der Waals surface area contributed by atoms with Crippen molar-refractivity contribution in [2.75, 3.05) is 33.2 Å². The summed E-state index contributed by atoms with van der Waals surface area (Å²) in [6.07, 6.45) is -3.13. The molecule has 1 amide bonds. The van der Waals surface area contributed by atoms with Gasteiger partial charge < -0.3 is 11.1 Å². The second-order valence-electron chi connectivity index (χ2n) is 4.63. The molecule has 136 valence electrons. The topological polar surface area (TPSA) is 71.2 Å². The average Bonchev–Trinajstić information content (AvgIpc) is 2.81. The minimum Gasteiger partial charge on any atom is -0.351 e. The Morgan fingerprint density at radius 1 is 1.43 bits per heavy atom. The molecule has 0 saturated heterocycles. The fraction of sp³-hybridized carbons (Fsp3) is 0.667. The Hall–Kier alpha value is -0.610. The van der Waals surface area contributed by atoms with E-state index in [9.17, 15) is 18.0 Å². The number of carbonyl (C=O) groups is 1. The summed E-state index contributed by atoms with van der Waals surface area (Å²) in [5, 5.41) is 5.09. The highest BCUT2D eigenvalue weighted by atomic mass is 35.5. The first kappa shape index (κ1) is 24.6. The molecule has 1 aromatic heterocycles. The molecule has 0 fully saturated rings. The highest BCUT2D eigenvalue weighted by Gasteiger charge is 2.28. The third-order valence-corrected chi connectivity index (χ3v) is 3.50. The fourth-order valence-corrected chi connectivity index (χ4v) is 2.47. The van der Waals surface area contributed by atoms with Crippen LogP contribution in [0.1, 0.15) is 21.9 Å². The number of nitrogens with one attached hydrogen (secondary N) is 1. The van der Waals surface area contributed by atoms with E-state index in [1.165, 1.54) is 23.3 Å². The van der Waals surface area contributed by atoms with Gasteiger partial charge in [0.05, 0.1) is 11.6 Å². The van der Waals surface area contributed by atoms with E-state index in [2.05, 4.69) is 10.3 Å². The van der Waals surface area contributed by atoms with Gasteiger partial charge in [-0.2, -0.15) is 13.2 Å². The summed E-state index contributed by atoms with van der Waals surface area (Å²) >= 11 is 1.37. The molecule has 1 rings (SSSR count). The fourth-order valence-electron chi connectivity index (χ4n) is 1.68. The second kappa shape index (κ2) is 11.9. The van der Waals surface area contributed by atoms with Crippen LogP contribution in [0.5, 0.6) is 0 Å². The predicted molar refractivity (Wildman–Crippen MR) is 89.9 cm³/mol. The van der Waals surface area contributed by atoms with Crippen molar-refractivity contribution in [1.29, 1.82) is 0 Å². The lowest BCUT2D eigenvalue weighted by Gasteiger charge is -2.18. The highest BCUT2D eigenvalue weighted by Crippen LogP contribution is 2.15. The number of carbonyl (C=O) groups excluding carboxylic acids is 1. The zero-order valence-corrected chi connectivity index (χ0v) is 15.0. The Morgan fingerprint density at radius 3 is 2.65 bits per heavy atom. The van der Waals surface area contributed by atoms with Gasteiger partial charge in [0.25, 0.3) is 5.91 Å². The van der Waals surface area contributed by atoms with Gasteiger partial charge in [0.2, 0.25) is 0 Å². The summed E-state index contributed by atoms with van der Waals surface area (Å²) in [6, 6.07) is 0. The first-order valence-electron chi connectivity index (χ1n) is 6.50. The standard InChI is InChI=1S/C12H19F3N4OS.2ClH/c1-19(8-12(13,14)15)6-2-5-17-11(20)9-7-21-10(18-9)3-4-16;;/h7H,2-6,8,16H2,1H3,(H,17,20);2*1H. The highest BCUT2D eigenvalue weighted by molar-refractivity contribution is 7.09. The number of nitrogens with zero attached hydrogens (tertiary/aromatic N) is 2. The van der Waals surface area contributed by atoms with Crippen molar-refractivity contribution in [2.24, 2.45) is 5.73 Å². The molecule has 11 heteroatoms. The lowest BCUT2D eigenvalue weighted by molar-refractivity contribution is -0.143. The number of halogens is 5. The van der Waals surface area contributed by atoms with Crippen molar-refractivity contribution in [2.45, 2.75) is 19.0 Å². The molecule has 0 atom stereocenters. The number of rotatable bonds is 8. The Morgan fingerprint density at radius 2 is 2.09 bits per heavy atom. The lowest BCUT2D eigenvalue weighted by Crippen LogP contribution is -2.33. The number of amides is 1. The number of hydrogen-bond donors (Lipinski definition) is 2. The molecule has 0 aliphatic rings. The molecule has 0 radical (unpaired) electrons. The van der Waals surface area contributed by atoms with E-state index in [1.807, 2.05) is 0 Å². The van der Waals surface area contributed by atoms with Crippen molar-refractivity contribution in [3.05, 3.63) is 16.1 Å². The van der Waals surface area contributed by atoms with Crippen molar-refractivity contribution >= 4 is 42.1 Å². The largest absolute Gasteiger partial charge is 0.401 e. The van der Waals surface area contributed by atoms with Crippen LogP contribution in [0.2, 0.25) is 0 Å². The molecule has 5 nitrogen and oxygen atoms in total. The average molecular weight is 397 g/mol. The van der Waals surface area contributed by atoms with Crippen LogP contribution >= 0.6 is 36.2 Å². The second-order valence-corrected chi connectivity index (χ2v) is 5.57. The molecule has 0 saturated carbocycles. The van der Waals surface area contributed by atoms with Gasteiger partial charge in [-0.25, -0.2) is 4.98 Å². The molecule has 0 aromatic carbocycles. The quantitative estimate of drug-likeness (QED) is 0.660. The summed E-state index contributed by atoms with van der Waals surface area (Å²) in [5.41, 5.74) is 5.72. The van der Waals surface area contributed by atoms with Crippen molar-refractivity contribution in [3.63, 3.8) is 0 Å². The first-order valence-corrected chi connectivity index (χ1v) is 7.38. The maximum absolute atomic E-state index is 12.1. The number of alkyl halides is 3. The molecule has 23 heavy (non-hydrogen) atoms. The smallest absolute Gasteiger partial charge is 0.351 e. The Balaban J connectivity index is 0. The molecule has 3 N–H and O–H groups in total. The van der Waals surface area contributed by atoms with Crippen molar-refractivity contribution in [3.8, 4) is 0 Å². The van der Waals surface area contributed by atoms with Crippen LogP contribution in [-0.2, 0) is 6.42 Å². The van der Waals surface area contributed by atoms with Gasteiger partial charge in [-0.05, 0) is 26.6 Å². The van der Waals surface area contributed by atoms with Crippen LogP contribution in [-0.4, -0.2) is 55.2 Å². The number of hydrogen-bond acceptors (Lipinski definition) is 5. The van der Waals surface area contributed by atoms with E-state index in [0.717, 1.165) is 5.01 Å². The van der Waals surface area contributed by atoms with E-state index in [-0.39, 0.29) is 37.3 Å². The third-order valence-electron chi connectivity index (χ3n) is 2.59. The van der Waals surface area contributed by atoms with Crippen LogP contribution < -0.4 is 11.1 Å². The maximum Gasteiger partial charge on any atom is 0.401 e. The summed E-state index contributed by atoms with van der Waals surface area (Å²) in [7, 11) is 1.40. The van der Waals surface area contributed by atoms with E-state index in [1.54, 1.807) is 5.38 Å². The minimum absolute atomic E-state index is 0. The summed E-state index contributed by atoms with van der Waals surface area (Å²) in [4.78, 5) is 17.0. The van der Waals surface area contributed by atoms with E-state index in [0.29, 0.717) is 31.6 Å². The van der Waals surface area contributed by atoms with Gasteiger partial charge in [-0.1, -0.05) is 0 Å². The Kier molecular flexibility index (Phi) is 12.7. The number of thiazole rings is 1. The van der Waals surface area contributed by atoms with Gasteiger partial charge in [-0.3, -0.25) is 9.69 Å². The Bertz CT molecular complexity index is 460. The van der Waals surface area contributed by atoms with Gasteiger partial charge >= 0.3 is 6.18 Å². The van der Waals surface area contributed by atoms with E-state index >= 15 is 0 Å². The molecule has 1 heterocycles. The number of nitrogens with two attached hydrogens (primary N) is 1. The van der Waals surface area contributed by atoms with E-state index in [4.69, 9.17) is 5.73 Å². The molecular weight excluding hydrogens is 376 g/mol. The number of aromatic nitrogens is 1. The summed E-state index contributed by atoms with van der Waals surface area (Å²) in [5.74, 6) is -0.312. The first-order chi connectivity index (χ1) is 9.81. The van der Waals surface area contributed by atoms with E-state index < -0.39 is 12.7 Å².